The normalized spacial score (nSPS) is 11.1. The van der Waals surface area contributed by atoms with Gasteiger partial charge in [-0.05, 0) is 64.3 Å². The lowest BCUT2D eigenvalue weighted by molar-refractivity contribution is 0.607. The third-order valence-corrected chi connectivity index (χ3v) is 5.74. The quantitative estimate of drug-likeness (QED) is 0.115. The number of rotatable bonds is 10. The van der Waals surface area contributed by atoms with Crippen LogP contribution in [0.5, 0.6) is 0 Å². The van der Waals surface area contributed by atoms with E-state index in [0.717, 1.165) is 10.4 Å². The molecular formula is C23H27IS. The maximum absolute atomic E-state index is 5.49. The Morgan fingerprint density at radius 2 is 1.68 bits per heavy atom. The molecule has 0 unspecified atom stereocenters. The Bertz CT molecular complexity index is 688. The number of unbranched alkanes of at least 4 members (excludes halogenated alkanes) is 5. The van der Waals surface area contributed by atoms with E-state index in [1.807, 2.05) is 24.3 Å². The van der Waals surface area contributed by atoms with E-state index in [1.54, 1.807) is 0 Å². The van der Waals surface area contributed by atoms with Gasteiger partial charge in [-0.1, -0.05) is 99.8 Å². The summed E-state index contributed by atoms with van der Waals surface area (Å²) in [4.78, 5) is 0.881. The highest BCUT2D eigenvalue weighted by molar-refractivity contribution is 14.1. The van der Waals surface area contributed by atoms with Crippen molar-refractivity contribution in [1.82, 2.24) is 0 Å². The highest BCUT2D eigenvalue weighted by Gasteiger charge is 2.01. The Balaban J connectivity index is 1.86. The van der Waals surface area contributed by atoms with Crippen LogP contribution in [0.15, 0.2) is 54.6 Å². The molecule has 0 aromatic heterocycles. The second kappa shape index (κ2) is 11.6. The average Bonchev–Trinajstić information content (AvgIpc) is 2.64. The molecule has 0 heterocycles. The first-order chi connectivity index (χ1) is 12.2. The SMILES string of the molecule is CCCCCCCCc1ccc(C=CC(=S)c2ccccc2)cc1I. The summed E-state index contributed by atoms with van der Waals surface area (Å²) in [6, 6.07) is 16.9. The fourth-order valence-electron chi connectivity index (χ4n) is 2.84. The zero-order chi connectivity index (χ0) is 17.9. The van der Waals surface area contributed by atoms with Gasteiger partial charge in [-0.15, -0.1) is 0 Å². The summed E-state index contributed by atoms with van der Waals surface area (Å²) in [6.07, 6.45) is 13.5. The second-order valence-corrected chi connectivity index (χ2v) is 8.03. The Kier molecular flexibility index (Phi) is 9.41. The number of allylic oxidation sites excluding steroid dienone is 1. The molecular weight excluding hydrogens is 435 g/mol. The van der Waals surface area contributed by atoms with Crippen molar-refractivity contribution >= 4 is 45.7 Å². The number of thiocarbonyl (C=S) groups is 1. The molecule has 0 atom stereocenters. The van der Waals surface area contributed by atoms with E-state index in [9.17, 15) is 0 Å². The highest BCUT2D eigenvalue weighted by atomic mass is 127. The van der Waals surface area contributed by atoms with Crippen LogP contribution in [0, 0.1) is 3.57 Å². The van der Waals surface area contributed by atoms with Gasteiger partial charge in [0.25, 0.3) is 0 Å². The predicted molar refractivity (Wildman–Crippen MR) is 123 cm³/mol. The second-order valence-electron chi connectivity index (χ2n) is 6.43. The van der Waals surface area contributed by atoms with E-state index in [-0.39, 0.29) is 0 Å². The summed E-state index contributed by atoms with van der Waals surface area (Å²) < 4.78 is 1.36. The molecule has 25 heavy (non-hydrogen) atoms. The summed E-state index contributed by atoms with van der Waals surface area (Å²) in [7, 11) is 0. The molecule has 0 N–H and O–H groups in total. The van der Waals surface area contributed by atoms with Crippen molar-refractivity contribution in [3.05, 3.63) is 74.9 Å². The van der Waals surface area contributed by atoms with E-state index < -0.39 is 0 Å². The summed E-state index contributed by atoms with van der Waals surface area (Å²) in [5, 5.41) is 0. The van der Waals surface area contributed by atoms with Crippen molar-refractivity contribution in [1.29, 1.82) is 0 Å². The van der Waals surface area contributed by atoms with Crippen molar-refractivity contribution < 1.29 is 0 Å². The molecule has 0 aliphatic rings. The van der Waals surface area contributed by atoms with Gasteiger partial charge in [0.2, 0.25) is 0 Å². The molecule has 0 aliphatic heterocycles. The first-order valence-electron chi connectivity index (χ1n) is 9.26. The molecule has 0 nitrogen and oxygen atoms in total. The van der Waals surface area contributed by atoms with E-state index in [4.69, 9.17) is 12.2 Å². The summed E-state index contributed by atoms with van der Waals surface area (Å²) >= 11 is 7.95. The number of hydrogen-bond acceptors (Lipinski definition) is 1. The lowest BCUT2D eigenvalue weighted by Gasteiger charge is -2.06. The molecule has 2 aromatic carbocycles. The van der Waals surface area contributed by atoms with Gasteiger partial charge in [0, 0.05) is 8.43 Å². The molecule has 0 bridgehead atoms. The van der Waals surface area contributed by atoms with Gasteiger partial charge in [-0.3, -0.25) is 0 Å². The van der Waals surface area contributed by atoms with Gasteiger partial charge < -0.3 is 0 Å². The Morgan fingerprint density at radius 3 is 2.40 bits per heavy atom. The summed E-state index contributed by atoms with van der Waals surface area (Å²) in [5.41, 5.74) is 3.79. The maximum Gasteiger partial charge on any atom is 0.0449 e. The molecule has 0 radical (unpaired) electrons. The minimum Gasteiger partial charge on any atom is -0.0795 e. The van der Waals surface area contributed by atoms with Crippen LogP contribution in [0.2, 0.25) is 0 Å². The monoisotopic (exact) mass is 462 g/mol. The van der Waals surface area contributed by atoms with Crippen LogP contribution < -0.4 is 0 Å². The fourth-order valence-corrected chi connectivity index (χ4v) is 3.85. The fraction of sp³-hybridized carbons (Fsp3) is 0.348. The smallest absolute Gasteiger partial charge is 0.0449 e. The van der Waals surface area contributed by atoms with Crippen molar-refractivity contribution in [2.45, 2.75) is 51.9 Å². The Labute approximate surface area is 171 Å². The van der Waals surface area contributed by atoms with Crippen molar-refractivity contribution in [2.24, 2.45) is 0 Å². The van der Waals surface area contributed by atoms with Gasteiger partial charge in [0.1, 0.15) is 0 Å². The lowest BCUT2D eigenvalue weighted by atomic mass is 10.0. The van der Waals surface area contributed by atoms with Gasteiger partial charge in [-0.25, -0.2) is 0 Å². The van der Waals surface area contributed by atoms with E-state index >= 15 is 0 Å². The molecule has 2 rings (SSSR count). The largest absolute Gasteiger partial charge is 0.0795 e. The van der Waals surface area contributed by atoms with Crippen LogP contribution in [-0.4, -0.2) is 4.86 Å². The third-order valence-electron chi connectivity index (χ3n) is 4.36. The molecule has 2 heteroatoms. The minimum absolute atomic E-state index is 0.881. The molecule has 132 valence electrons. The Hall–Kier alpha value is -1.000. The lowest BCUT2D eigenvalue weighted by Crippen LogP contribution is -1.93. The molecule has 0 amide bonds. The van der Waals surface area contributed by atoms with Gasteiger partial charge >= 0.3 is 0 Å². The third kappa shape index (κ3) is 7.41. The number of benzene rings is 2. The van der Waals surface area contributed by atoms with Crippen LogP contribution >= 0.6 is 34.8 Å². The van der Waals surface area contributed by atoms with Gasteiger partial charge in [-0.2, -0.15) is 0 Å². The molecule has 0 saturated heterocycles. The summed E-state index contributed by atoms with van der Waals surface area (Å²) in [6.45, 7) is 2.27. The maximum atomic E-state index is 5.49. The zero-order valence-electron chi connectivity index (χ0n) is 15.0. The standard InChI is InChI=1S/C23H27IS/c1-2-3-4-5-6-8-11-20-16-14-19(18-22(20)24)15-17-23(25)21-12-9-7-10-13-21/h7,9-10,12-18H,2-6,8,11H2,1H3. The number of hydrogen-bond donors (Lipinski definition) is 0. The van der Waals surface area contributed by atoms with Crippen molar-refractivity contribution in [2.75, 3.05) is 0 Å². The van der Waals surface area contributed by atoms with E-state index in [0.29, 0.717) is 0 Å². The van der Waals surface area contributed by atoms with Crippen LogP contribution in [0.4, 0.5) is 0 Å². The number of halogens is 1. The molecule has 0 fully saturated rings. The molecule has 0 aliphatic carbocycles. The Morgan fingerprint density at radius 1 is 0.960 bits per heavy atom. The van der Waals surface area contributed by atoms with Gasteiger partial charge in [0.15, 0.2) is 0 Å². The van der Waals surface area contributed by atoms with Gasteiger partial charge in [0.05, 0.1) is 0 Å². The van der Waals surface area contributed by atoms with Crippen LogP contribution in [0.1, 0.15) is 62.1 Å². The highest BCUT2D eigenvalue weighted by Crippen LogP contribution is 2.19. The van der Waals surface area contributed by atoms with Crippen LogP contribution in [-0.2, 0) is 6.42 Å². The zero-order valence-corrected chi connectivity index (χ0v) is 18.0. The first-order valence-corrected chi connectivity index (χ1v) is 10.8. The van der Waals surface area contributed by atoms with Crippen molar-refractivity contribution in [3.8, 4) is 0 Å². The van der Waals surface area contributed by atoms with E-state index in [2.05, 4.69) is 65.9 Å². The van der Waals surface area contributed by atoms with Crippen LogP contribution in [0.25, 0.3) is 6.08 Å². The number of aryl methyl sites for hydroxylation is 1. The van der Waals surface area contributed by atoms with Crippen molar-refractivity contribution in [3.63, 3.8) is 0 Å². The van der Waals surface area contributed by atoms with Crippen LogP contribution in [0.3, 0.4) is 0 Å². The summed E-state index contributed by atoms with van der Waals surface area (Å²) in [5.74, 6) is 0. The minimum atomic E-state index is 0.881. The topological polar surface area (TPSA) is 0 Å². The molecule has 2 aromatic rings. The first kappa shape index (κ1) is 20.3. The van der Waals surface area contributed by atoms with E-state index in [1.165, 1.54) is 59.6 Å². The average molecular weight is 462 g/mol. The predicted octanol–water partition coefficient (Wildman–Crippen LogP) is 7.63. The molecule has 0 saturated carbocycles. The molecule has 0 spiro atoms.